The molecule has 1 amide bonds. The molecule has 0 unspecified atom stereocenters. The second-order valence-electron chi connectivity index (χ2n) is 3.42. The van der Waals surface area contributed by atoms with Gasteiger partial charge in [0.2, 0.25) is 0 Å². The minimum atomic E-state index is -0.473. The summed E-state index contributed by atoms with van der Waals surface area (Å²) in [5.41, 5.74) is 2.16. The Balaban J connectivity index is 2.66. The molecule has 0 aliphatic heterocycles. The first-order chi connectivity index (χ1) is 8.21. The van der Waals surface area contributed by atoms with E-state index in [0.29, 0.717) is 25.4 Å². The molecular weight excluding hydrogens is 220 g/mol. The van der Waals surface area contributed by atoms with Crippen LogP contribution in [0.15, 0.2) is 35.9 Å². The summed E-state index contributed by atoms with van der Waals surface area (Å²) in [6, 6.07) is 1.56. The van der Waals surface area contributed by atoms with E-state index >= 15 is 0 Å². The van der Waals surface area contributed by atoms with E-state index in [0.717, 1.165) is 0 Å². The zero-order chi connectivity index (χ0) is 12.7. The molecule has 0 radical (unpaired) electrons. The number of aromatic nitrogens is 1. The van der Waals surface area contributed by atoms with Gasteiger partial charge in [0.05, 0.1) is 6.54 Å². The van der Waals surface area contributed by atoms with Gasteiger partial charge in [0, 0.05) is 19.2 Å². The second kappa shape index (κ2) is 6.62. The van der Waals surface area contributed by atoms with Gasteiger partial charge in [-0.15, -0.1) is 13.2 Å². The van der Waals surface area contributed by atoms with E-state index < -0.39 is 5.91 Å². The zero-order valence-corrected chi connectivity index (χ0v) is 9.56. The van der Waals surface area contributed by atoms with Crippen molar-refractivity contribution in [1.29, 1.82) is 0 Å². The molecule has 1 heterocycles. The van der Waals surface area contributed by atoms with Crippen LogP contribution in [0.4, 0.5) is 0 Å². The first-order valence-corrected chi connectivity index (χ1v) is 5.12. The average Bonchev–Trinajstić information content (AvgIpc) is 2.77. The Kier molecular flexibility index (Phi) is 5.12. The van der Waals surface area contributed by atoms with Crippen LogP contribution in [0.2, 0.25) is 0 Å². The highest BCUT2D eigenvalue weighted by atomic mass is 16.5. The lowest BCUT2D eigenvalue weighted by Crippen LogP contribution is -2.30. The van der Waals surface area contributed by atoms with Crippen LogP contribution in [0.25, 0.3) is 0 Å². The largest absolute Gasteiger partial charge is 0.359 e. The van der Waals surface area contributed by atoms with E-state index in [2.05, 4.69) is 18.3 Å². The zero-order valence-electron chi connectivity index (χ0n) is 9.56. The predicted octanol–water partition coefficient (Wildman–Crippen LogP) is 0.452. The number of amides is 1. The predicted molar refractivity (Wildman–Crippen MR) is 63.8 cm³/mol. The van der Waals surface area contributed by atoms with Gasteiger partial charge >= 0.3 is 0 Å². The van der Waals surface area contributed by atoms with Gasteiger partial charge < -0.3 is 4.52 Å². The molecule has 92 valence electrons. The highest BCUT2D eigenvalue weighted by Crippen LogP contribution is 2.07. The fraction of sp³-hybridized carbons (Fsp3) is 0.273. The number of nitrogens with zero attached hydrogens (tertiary/aromatic N) is 2. The van der Waals surface area contributed by atoms with Gasteiger partial charge in [-0.1, -0.05) is 17.3 Å². The number of nitrogens with one attached hydrogen (secondary N) is 1. The Labute approximate surface area is 99.7 Å². The van der Waals surface area contributed by atoms with Gasteiger partial charge in [0.1, 0.15) is 0 Å². The molecule has 6 nitrogen and oxygen atoms in total. The van der Waals surface area contributed by atoms with Crippen molar-refractivity contribution in [3.05, 3.63) is 42.8 Å². The fourth-order valence-electron chi connectivity index (χ4n) is 1.36. The number of carbonyl (C=O) groups excluding carboxylic acids is 1. The van der Waals surface area contributed by atoms with Crippen LogP contribution in [0.1, 0.15) is 16.2 Å². The number of hydrogen-bond donors (Lipinski definition) is 2. The first kappa shape index (κ1) is 13.1. The molecule has 0 aliphatic carbocycles. The van der Waals surface area contributed by atoms with Gasteiger partial charge in [-0.3, -0.25) is 15.1 Å². The van der Waals surface area contributed by atoms with E-state index in [1.807, 2.05) is 10.3 Å². The molecule has 0 saturated heterocycles. The lowest BCUT2D eigenvalue weighted by molar-refractivity contribution is 0.0944. The average molecular weight is 236 g/mol. The van der Waals surface area contributed by atoms with Crippen LogP contribution in [0.3, 0.4) is 0 Å². The smallest absolute Gasteiger partial charge is 0.287 e. The Hall–Kier alpha value is -1.92. The molecule has 17 heavy (non-hydrogen) atoms. The number of rotatable bonds is 7. The van der Waals surface area contributed by atoms with Crippen LogP contribution in [0, 0.1) is 0 Å². The minimum Gasteiger partial charge on any atom is -0.359 e. The highest BCUT2D eigenvalue weighted by Gasteiger charge is 2.12. The molecule has 6 heteroatoms. The minimum absolute atomic E-state index is 0.166. The van der Waals surface area contributed by atoms with Crippen molar-refractivity contribution < 1.29 is 9.32 Å². The Morgan fingerprint density at radius 1 is 1.53 bits per heavy atom. The fourth-order valence-corrected chi connectivity index (χ4v) is 1.36. The molecule has 0 aliphatic rings. The Morgan fingerprint density at radius 2 is 2.18 bits per heavy atom. The quantitative estimate of drug-likeness (QED) is 0.311. The van der Waals surface area contributed by atoms with E-state index in [1.165, 1.54) is 0 Å². The lowest BCUT2D eigenvalue weighted by Gasteiger charge is -2.16. The monoisotopic (exact) mass is 236 g/mol. The summed E-state index contributed by atoms with van der Waals surface area (Å²) in [5.74, 6) is 5.11. The summed E-state index contributed by atoms with van der Waals surface area (Å²) in [6.45, 7) is 9.27. The van der Waals surface area contributed by atoms with Crippen LogP contribution in [-0.4, -0.2) is 29.1 Å². The number of carbonyl (C=O) groups is 1. The summed E-state index contributed by atoms with van der Waals surface area (Å²) < 4.78 is 5.03. The topological polar surface area (TPSA) is 84.4 Å². The summed E-state index contributed by atoms with van der Waals surface area (Å²) in [4.78, 5) is 13.2. The molecule has 0 aromatic carbocycles. The molecule has 0 saturated carbocycles. The third-order valence-electron chi connectivity index (χ3n) is 2.08. The molecule has 0 fully saturated rings. The Morgan fingerprint density at radius 3 is 2.71 bits per heavy atom. The third kappa shape index (κ3) is 3.86. The van der Waals surface area contributed by atoms with Crippen molar-refractivity contribution in [2.24, 2.45) is 5.84 Å². The maximum Gasteiger partial charge on any atom is 0.287 e. The number of hydrogen-bond acceptors (Lipinski definition) is 5. The van der Waals surface area contributed by atoms with Crippen molar-refractivity contribution >= 4 is 5.91 Å². The standard InChI is InChI=1S/C11H16N4O2/c1-3-5-15(6-4-2)8-9-7-10(14-17-9)11(16)13-12/h3-4,7H,1-2,5-6,8,12H2,(H,13,16). The maximum atomic E-state index is 11.2. The summed E-state index contributed by atoms with van der Waals surface area (Å²) in [7, 11) is 0. The van der Waals surface area contributed by atoms with Crippen molar-refractivity contribution in [2.45, 2.75) is 6.54 Å². The summed E-state index contributed by atoms with van der Waals surface area (Å²) in [6.07, 6.45) is 3.57. The molecule has 0 bridgehead atoms. The molecule has 3 N–H and O–H groups in total. The van der Waals surface area contributed by atoms with Crippen LogP contribution >= 0.6 is 0 Å². The van der Waals surface area contributed by atoms with Crippen molar-refractivity contribution in [3.63, 3.8) is 0 Å². The third-order valence-corrected chi connectivity index (χ3v) is 2.08. The van der Waals surface area contributed by atoms with Crippen molar-refractivity contribution in [3.8, 4) is 0 Å². The van der Waals surface area contributed by atoms with Gasteiger partial charge in [0.25, 0.3) is 5.91 Å². The molecule has 1 aromatic heterocycles. The number of nitrogens with two attached hydrogens (primary N) is 1. The van der Waals surface area contributed by atoms with Gasteiger partial charge in [-0.25, -0.2) is 5.84 Å². The number of nitrogen functional groups attached to an aromatic ring is 1. The van der Waals surface area contributed by atoms with E-state index in [-0.39, 0.29) is 5.69 Å². The van der Waals surface area contributed by atoms with E-state index in [4.69, 9.17) is 10.4 Å². The lowest BCUT2D eigenvalue weighted by atomic mass is 10.3. The number of hydrazine groups is 1. The van der Waals surface area contributed by atoms with Crippen molar-refractivity contribution in [1.82, 2.24) is 15.5 Å². The van der Waals surface area contributed by atoms with E-state index in [9.17, 15) is 4.79 Å². The SMILES string of the molecule is C=CCN(CC=C)Cc1cc(C(=O)NN)no1. The van der Waals surface area contributed by atoms with Crippen LogP contribution in [0.5, 0.6) is 0 Å². The molecule has 1 rings (SSSR count). The Bertz CT molecular complexity index is 390. The first-order valence-electron chi connectivity index (χ1n) is 5.12. The van der Waals surface area contributed by atoms with Gasteiger partial charge in [0.15, 0.2) is 11.5 Å². The molecule has 0 atom stereocenters. The molecule has 0 spiro atoms. The maximum absolute atomic E-state index is 11.2. The van der Waals surface area contributed by atoms with Gasteiger partial charge in [-0.05, 0) is 0 Å². The molecule has 1 aromatic rings. The van der Waals surface area contributed by atoms with Crippen LogP contribution in [-0.2, 0) is 6.54 Å². The van der Waals surface area contributed by atoms with Crippen molar-refractivity contribution in [2.75, 3.05) is 13.1 Å². The normalized spacial score (nSPS) is 10.2. The van der Waals surface area contributed by atoms with Crippen LogP contribution < -0.4 is 11.3 Å². The highest BCUT2D eigenvalue weighted by molar-refractivity contribution is 5.91. The molecular formula is C11H16N4O2. The van der Waals surface area contributed by atoms with E-state index in [1.54, 1.807) is 18.2 Å². The van der Waals surface area contributed by atoms with Gasteiger partial charge in [-0.2, -0.15) is 0 Å². The summed E-state index contributed by atoms with van der Waals surface area (Å²) in [5, 5.41) is 3.61. The second-order valence-corrected chi connectivity index (χ2v) is 3.42. The summed E-state index contributed by atoms with van der Waals surface area (Å²) >= 11 is 0.